The van der Waals surface area contributed by atoms with Gasteiger partial charge in [0.25, 0.3) is 0 Å². The first kappa shape index (κ1) is 8.44. The van der Waals surface area contributed by atoms with Crippen LogP contribution in [0.1, 0.15) is 13.8 Å². The van der Waals surface area contributed by atoms with Crippen molar-refractivity contribution in [3.8, 4) is 0 Å². The highest BCUT2D eigenvalue weighted by molar-refractivity contribution is 6.29. The first-order valence-electron chi connectivity index (χ1n) is 2.62. The van der Waals surface area contributed by atoms with E-state index < -0.39 is 0 Å². The quantitative estimate of drug-likeness (QED) is 0.330. The van der Waals surface area contributed by atoms with Crippen LogP contribution in [-0.4, -0.2) is 6.29 Å². The molecule has 0 bridgehead atoms. The maximum atomic E-state index is 9.98. The molecule has 0 aromatic rings. The highest BCUT2D eigenvalue weighted by atomic mass is 35.5. The molecule has 0 fully saturated rings. The minimum absolute atomic E-state index is 0.676. The third-order valence-corrected chi connectivity index (χ3v) is 0.888. The second kappa shape index (κ2) is 4.33. The molecule has 0 atom stereocenters. The molecule has 0 radical (unpaired) electrons. The second-order valence-electron chi connectivity index (χ2n) is 1.78. The number of allylic oxidation sites excluding steroid dienone is 4. The van der Waals surface area contributed by atoms with Crippen LogP contribution in [0.3, 0.4) is 0 Å². The first-order valence-corrected chi connectivity index (χ1v) is 3.00. The van der Waals surface area contributed by atoms with Crippen LogP contribution in [0.25, 0.3) is 0 Å². The van der Waals surface area contributed by atoms with E-state index in [1.54, 1.807) is 26.0 Å². The van der Waals surface area contributed by atoms with Crippen molar-refractivity contribution < 1.29 is 4.79 Å². The molecule has 0 N–H and O–H groups in total. The summed E-state index contributed by atoms with van der Waals surface area (Å²) in [6.45, 7) is 3.49. The molecule has 0 saturated heterocycles. The van der Waals surface area contributed by atoms with Crippen molar-refractivity contribution in [3.05, 3.63) is 22.8 Å². The van der Waals surface area contributed by atoms with Gasteiger partial charge in [-0.05, 0) is 25.5 Å². The lowest BCUT2D eigenvalue weighted by atomic mass is 10.3. The van der Waals surface area contributed by atoms with E-state index in [-0.39, 0.29) is 0 Å². The molecule has 0 aliphatic carbocycles. The molecule has 2 heteroatoms. The number of hydrogen-bond donors (Lipinski definition) is 0. The van der Waals surface area contributed by atoms with E-state index >= 15 is 0 Å². The Balaban J connectivity index is 3.98. The summed E-state index contributed by atoms with van der Waals surface area (Å²) in [7, 11) is 0. The van der Waals surface area contributed by atoms with Gasteiger partial charge in [0.2, 0.25) is 0 Å². The average molecular weight is 145 g/mol. The first-order chi connectivity index (χ1) is 4.16. The van der Waals surface area contributed by atoms with Gasteiger partial charge in [0.1, 0.15) is 6.29 Å². The van der Waals surface area contributed by atoms with Gasteiger partial charge in [-0.3, -0.25) is 4.79 Å². The maximum absolute atomic E-state index is 9.98. The number of aldehydes is 1. The fourth-order valence-electron chi connectivity index (χ4n) is 0.286. The van der Waals surface area contributed by atoms with Crippen LogP contribution in [0, 0.1) is 0 Å². The molecule has 0 aromatic heterocycles. The SMILES string of the molecule is C/C(Cl)=C\C=C(/C)C=O. The zero-order chi connectivity index (χ0) is 7.28. The number of carbonyl (C=O) groups excluding carboxylic acids is 1. The van der Waals surface area contributed by atoms with Gasteiger partial charge >= 0.3 is 0 Å². The number of hydrogen-bond acceptors (Lipinski definition) is 1. The van der Waals surface area contributed by atoms with Crippen molar-refractivity contribution in [1.29, 1.82) is 0 Å². The van der Waals surface area contributed by atoms with Crippen LogP contribution in [0.15, 0.2) is 22.8 Å². The van der Waals surface area contributed by atoms with Crippen molar-refractivity contribution in [3.63, 3.8) is 0 Å². The van der Waals surface area contributed by atoms with Crippen LogP contribution < -0.4 is 0 Å². The van der Waals surface area contributed by atoms with E-state index in [0.29, 0.717) is 10.6 Å². The van der Waals surface area contributed by atoms with Gasteiger partial charge in [0.15, 0.2) is 0 Å². The maximum Gasteiger partial charge on any atom is 0.145 e. The van der Waals surface area contributed by atoms with Crippen LogP contribution >= 0.6 is 11.6 Å². The summed E-state index contributed by atoms with van der Waals surface area (Å²) in [4.78, 5) is 9.98. The van der Waals surface area contributed by atoms with Crippen molar-refractivity contribution in [2.45, 2.75) is 13.8 Å². The Morgan fingerprint density at radius 1 is 1.33 bits per heavy atom. The van der Waals surface area contributed by atoms with E-state index in [4.69, 9.17) is 11.6 Å². The van der Waals surface area contributed by atoms with Crippen molar-refractivity contribution in [2.24, 2.45) is 0 Å². The van der Waals surface area contributed by atoms with Gasteiger partial charge in [-0.2, -0.15) is 0 Å². The van der Waals surface area contributed by atoms with E-state index in [9.17, 15) is 4.79 Å². The summed E-state index contributed by atoms with van der Waals surface area (Å²) in [5, 5.41) is 0.677. The molecule has 0 unspecified atom stereocenters. The highest BCUT2D eigenvalue weighted by Crippen LogP contribution is 1.99. The Kier molecular flexibility index (Phi) is 4.06. The summed E-state index contributed by atoms with van der Waals surface area (Å²) >= 11 is 5.48. The van der Waals surface area contributed by atoms with Crippen LogP contribution in [0.2, 0.25) is 0 Å². The predicted molar refractivity (Wildman–Crippen MR) is 39.4 cm³/mol. The summed E-state index contributed by atoms with van der Waals surface area (Å²) in [6, 6.07) is 0. The summed E-state index contributed by atoms with van der Waals surface area (Å²) in [5.41, 5.74) is 0.676. The monoisotopic (exact) mass is 144 g/mol. The van der Waals surface area contributed by atoms with Gasteiger partial charge in [-0.25, -0.2) is 0 Å². The second-order valence-corrected chi connectivity index (χ2v) is 2.38. The predicted octanol–water partition coefficient (Wildman–Crippen LogP) is 2.27. The van der Waals surface area contributed by atoms with E-state index in [0.717, 1.165) is 6.29 Å². The summed E-state index contributed by atoms with van der Waals surface area (Å²) < 4.78 is 0. The number of rotatable bonds is 2. The van der Waals surface area contributed by atoms with E-state index in [2.05, 4.69) is 0 Å². The molecule has 0 saturated carbocycles. The van der Waals surface area contributed by atoms with Gasteiger partial charge in [0.05, 0.1) is 0 Å². The van der Waals surface area contributed by atoms with Crippen molar-refractivity contribution in [1.82, 2.24) is 0 Å². The zero-order valence-corrected chi connectivity index (χ0v) is 6.27. The van der Waals surface area contributed by atoms with Gasteiger partial charge in [0, 0.05) is 5.03 Å². The minimum Gasteiger partial charge on any atom is -0.298 e. The third-order valence-electron chi connectivity index (χ3n) is 0.762. The Morgan fingerprint density at radius 2 is 1.89 bits per heavy atom. The molecule has 0 heterocycles. The molecule has 0 aliphatic rings. The van der Waals surface area contributed by atoms with Gasteiger partial charge in [-0.15, -0.1) is 0 Å². The Morgan fingerprint density at radius 3 is 2.22 bits per heavy atom. The fraction of sp³-hybridized carbons (Fsp3) is 0.286. The van der Waals surface area contributed by atoms with Crippen LogP contribution in [0.5, 0.6) is 0 Å². The molecule has 0 aliphatic heterocycles. The van der Waals surface area contributed by atoms with Gasteiger partial charge in [-0.1, -0.05) is 17.7 Å². The lowest BCUT2D eigenvalue weighted by Gasteiger charge is -1.81. The lowest BCUT2D eigenvalue weighted by molar-refractivity contribution is -0.104. The lowest BCUT2D eigenvalue weighted by Crippen LogP contribution is -1.72. The Bertz CT molecular complexity index is 152. The van der Waals surface area contributed by atoms with E-state index in [1.807, 2.05) is 0 Å². The summed E-state index contributed by atoms with van der Waals surface area (Å²) in [5.74, 6) is 0. The molecule has 0 rings (SSSR count). The Labute approximate surface area is 60.0 Å². The zero-order valence-electron chi connectivity index (χ0n) is 5.52. The largest absolute Gasteiger partial charge is 0.298 e. The number of halogens is 1. The molecular weight excluding hydrogens is 136 g/mol. The summed E-state index contributed by atoms with van der Waals surface area (Å²) in [6.07, 6.45) is 4.15. The molecule has 0 aromatic carbocycles. The number of carbonyl (C=O) groups is 1. The van der Waals surface area contributed by atoms with Crippen molar-refractivity contribution in [2.75, 3.05) is 0 Å². The standard InChI is InChI=1S/C7H9ClO/c1-6(5-9)3-4-7(2)8/h3-5H,1-2H3/b6-3+,7-4+. The smallest absolute Gasteiger partial charge is 0.145 e. The molecule has 9 heavy (non-hydrogen) atoms. The normalized spacial score (nSPS) is 13.7. The molecular formula is C7H9ClO. The molecule has 0 spiro atoms. The van der Waals surface area contributed by atoms with Crippen LogP contribution in [0.4, 0.5) is 0 Å². The van der Waals surface area contributed by atoms with E-state index in [1.165, 1.54) is 0 Å². The minimum atomic E-state index is 0.676. The van der Waals surface area contributed by atoms with Crippen LogP contribution in [-0.2, 0) is 4.79 Å². The average Bonchev–Trinajstić information content (AvgIpc) is 1.83. The molecule has 0 amide bonds. The highest BCUT2D eigenvalue weighted by Gasteiger charge is 1.79. The fourth-order valence-corrected chi connectivity index (χ4v) is 0.349. The van der Waals surface area contributed by atoms with Gasteiger partial charge < -0.3 is 0 Å². The third kappa shape index (κ3) is 5.31. The topological polar surface area (TPSA) is 17.1 Å². The Hall–Kier alpha value is -0.560. The molecule has 1 nitrogen and oxygen atoms in total. The molecule has 50 valence electrons. The van der Waals surface area contributed by atoms with Crippen molar-refractivity contribution >= 4 is 17.9 Å².